The zero-order chi connectivity index (χ0) is 14.0. The largest absolute Gasteiger partial charge is 0.334 e. The SMILES string of the molecule is Cc1nnsc1C(=O)Nc1ccccc1S(=O)(=O)F. The maximum atomic E-state index is 13.1. The maximum absolute atomic E-state index is 13.1. The third-order valence-corrected chi connectivity index (χ3v) is 3.96. The number of rotatable bonds is 3. The average Bonchev–Trinajstić information content (AvgIpc) is 2.75. The Labute approximate surface area is 112 Å². The van der Waals surface area contributed by atoms with E-state index < -0.39 is 21.0 Å². The van der Waals surface area contributed by atoms with Crippen LogP contribution in [0.1, 0.15) is 15.4 Å². The molecule has 19 heavy (non-hydrogen) atoms. The van der Waals surface area contributed by atoms with Gasteiger partial charge in [0.2, 0.25) is 0 Å². The fourth-order valence-electron chi connectivity index (χ4n) is 1.40. The topological polar surface area (TPSA) is 89.0 Å². The second-order valence-corrected chi connectivity index (χ2v) is 5.65. The van der Waals surface area contributed by atoms with Gasteiger partial charge in [-0.25, -0.2) is 0 Å². The van der Waals surface area contributed by atoms with Gasteiger partial charge in [-0.3, -0.25) is 4.79 Å². The predicted molar refractivity (Wildman–Crippen MR) is 67.3 cm³/mol. The number of aromatic nitrogens is 2. The predicted octanol–water partition coefficient (Wildman–Crippen LogP) is 1.76. The van der Waals surface area contributed by atoms with Crippen LogP contribution in [0.4, 0.5) is 9.57 Å². The third kappa shape index (κ3) is 2.93. The van der Waals surface area contributed by atoms with Gasteiger partial charge in [0.05, 0.1) is 11.4 Å². The third-order valence-electron chi connectivity index (χ3n) is 2.26. The van der Waals surface area contributed by atoms with Gasteiger partial charge in [-0.15, -0.1) is 8.98 Å². The fraction of sp³-hybridized carbons (Fsp3) is 0.100. The van der Waals surface area contributed by atoms with Crippen LogP contribution >= 0.6 is 11.5 Å². The summed E-state index contributed by atoms with van der Waals surface area (Å²) in [6.45, 7) is 1.59. The Bertz CT molecular complexity index is 727. The highest BCUT2D eigenvalue weighted by Crippen LogP contribution is 2.23. The molecule has 0 unspecified atom stereocenters. The van der Waals surface area contributed by atoms with Crippen LogP contribution < -0.4 is 5.32 Å². The van der Waals surface area contributed by atoms with Crippen molar-refractivity contribution in [3.8, 4) is 0 Å². The van der Waals surface area contributed by atoms with Gasteiger partial charge in [0.25, 0.3) is 5.91 Å². The van der Waals surface area contributed by atoms with E-state index in [1.807, 2.05) is 0 Å². The first-order valence-electron chi connectivity index (χ1n) is 5.03. The van der Waals surface area contributed by atoms with Gasteiger partial charge in [0.1, 0.15) is 9.77 Å². The quantitative estimate of drug-likeness (QED) is 0.872. The van der Waals surface area contributed by atoms with E-state index in [0.717, 1.165) is 17.6 Å². The molecule has 0 spiro atoms. The second kappa shape index (κ2) is 5.02. The Balaban J connectivity index is 2.35. The molecule has 1 aromatic carbocycles. The summed E-state index contributed by atoms with van der Waals surface area (Å²) in [4.78, 5) is 11.5. The van der Waals surface area contributed by atoms with Crippen LogP contribution in [0.2, 0.25) is 0 Å². The molecule has 0 radical (unpaired) electrons. The number of carbonyl (C=O) groups excluding carboxylic acids is 1. The number of para-hydroxylation sites is 1. The summed E-state index contributed by atoms with van der Waals surface area (Å²) in [6, 6.07) is 5.22. The number of carbonyl (C=O) groups is 1. The molecule has 0 bridgehead atoms. The van der Waals surface area contributed by atoms with Crippen LogP contribution in [0.3, 0.4) is 0 Å². The van der Waals surface area contributed by atoms with Gasteiger partial charge in [-0.2, -0.15) is 8.42 Å². The molecular formula is C10H8FN3O3S2. The molecule has 1 amide bonds. The minimum Gasteiger partial charge on any atom is -0.320 e. The number of nitrogens with zero attached hydrogens (tertiary/aromatic N) is 2. The number of anilines is 1. The van der Waals surface area contributed by atoms with Gasteiger partial charge < -0.3 is 5.32 Å². The van der Waals surface area contributed by atoms with Crippen LogP contribution in [0.25, 0.3) is 0 Å². The van der Waals surface area contributed by atoms with Crippen LogP contribution in [-0.2, 0) is 10.2 Å². The second-order valence-electron chi connectivity index (χ2n) is 3.58. The Morgan fingerprint density at radius 2 is 2.05 bits per heavy atom. The summed E-state index contributed by atoms with van der Waals surface area (Å²) in [5.74, 6) is -0.580. The lowest BCUT2D eigenvalue weighted by atomic mass is 10.3. The molecule has 0 atom stereocenters. The first kappa shape index (κ1) is 13.6. The van der Waals surface area contributed by atoms with E-state index in [1.165, 1.54) is 18.2 Å². The van der Waals surface area contributed by atoms with Crippen molar-refractivity contribution in [1.82, 2.24) is 9.59 Å². The van der Waals surface area contributed by atoms with Crippen molar-refractivity contribution in [2.24, 2.45) is 0 Å². The van der Waals surface area contributed by atoms with Crippen LogP contribution in [0.5, 0.6) is 0 Å². The van der Waals surface area contributed by atoms with Crippen molar-refractivity contribution >= 4 is 33.4 Å². The lowest BCUT2D eigenvalue weighted by molar-refractivity contribution is 0.102. The Kier molecular flexibility index (Phi) is 3.58. The molecule has 9 heteroatoms. The molecule has 100 valence electrons. The number of nitrogens with one attached hydrogen (secondary N) is 1. The minimum absolute atomic E-state index is 0.122. The van der Waals surface area contributed by atoms with E-state index in [9.17, 15) is 17.1 Å². The minimum atomic E-state index is -4.90. The van der Waals surface area contributed by atoms with Crippen LogP contribution in [0.15, 0.2) is 29.2 Å². The summed E-state index contributed by atoms with van der Waals surface area (Å²) >= 11 is 0.874. The molecule has 0 aliphatic heterocycles. The molecule has 2 aromatic rings. The lowest BCUT2D eigenvalue weighted by Gasteiger charge is -2.07. The molecule has 6 nitrogen and oxygen atoms in total. The Morgan fingerprint density at radius 3 is 2.63 bits per heavy atom. The molecule has 0 fully saturated rings. The van der Waals surface area contributed by atoms with Crippen molar-refractivity contribution in [2.45, 2.75) is 11.8 Å². The van der Waals surface area contributed by atoms with Gasteiger partial charge in [0.15, 0.2) is 0 Å². The molecule has 0 saturated heterocycles. The molecule has 1 heterocycles. The highest BCUT2D eigenvalue weighted by Gasteiger charge is 2.20. The highest BCUT2D eigenvalue weighted by molar-refractivity contribution is 7.86. The summed E-state index contributed by atoms with van der Waals surface area (Å²) in [7, 11) is -4.90. The smallest absolute Gasteiger partial charge is 0.320 e. The van der Waals surface area contributed by atoms with E-state index in [1.54, 1.807) is 6.92 Å². The summed E-state index contributed by atoms with van der Waals surface area (Å²) in [6.07, 6.45) is 0. The molecule has 1 N–H and O–H groups in total. The van der Waals surface area contributed by atoms with Crippen molar-refractivity contribution in [3.05, 3.63) is 34.8 Å². The van der Waals surface area contributed by atoms with Crippen LogP contribution in [0, 0.1) is 6.92 Å². The van der Waals surface area contributed by atoms with Crippen molar-refractivity contribution < 1.29 is 17.1 Å². The molecular weight excluding hydrogens is 293 g/mol. The average molecular weight is 301 g/mol. The Hall–Kier alpha value is -1.87. The highest BCUT2D eigenvalue weighted by atomic mass is 32.3. The van der Waals surface area contributed by atoms with E-state index in [2.05, 4.69) is 14.9 Å². The molecule has 0 aliphatic carbocycles. The Morgan fingerprint density at radius 1 is 1.37 bits per heavy atom. The zero-order valence-electron chi connectivity index (χ0n) is 9.62. The summed E-state index contributed by atoms with van der Waals surface area (Å²) in [5, 5.41) is 6.00. The van der Waals surface area contributed by atoms with E-state index in [4.69, 9.17) is 0 Å². The van der Waals surface area contributed by atoms with Crippen molar-refractivity contribution in [3.63, 3.8) is 0 Å². The van der Waals surface area contributed by atoms with Gasteiger partial charge >= 0.3 is 10.2 Å². The normalized spacial score (nSPS) is 11.3. The lowest BCUT2D eigenvalue weighted by Crippen LogP contribution is -2.13. The fourth-order valence-corrected chi connectivity index (χ4v) is 2.58. The van der Waals surface area contributed by atoms with Crippen molar-refractivity contribution in [2.75, 3.05) is 5.32 Å². The number of hydrogen-bond acceptors (Lipinski definition) is 6. The zero-order valence-corrected chi connectivity index (χ0v) is 11.3. The standard InChI is InChI=1S/C10H8FN3O3S2/c1-6-9(18-14-13-6)10(15)12-7-4-2-3-5-8(7)19(11,16)17/h2-5H,1H3,(H,12,15). The van der Waals surface area contributed by atoms with E-state index >= 15 is 0 Å². The number of amides is 1. The summed E-state index contributed by atoms with van der Waals surface area (Å²) < 4.78 is 38.5. The molecule has 1 aromatic heterocycles. The maximum Gasteiger partial charge on any atom is 0.334 e. The van der Waals surface area contributed by atoms with Crippen molar-refractivity contribution in [1.29, 1.82) is 0 Å². The first-order chi connectivity index (χ1) is 8.89. The van der Waals surface area contributed by atoms with Gasteiger partial charge in [0, 0.05) is 0 Å². The number of aryl methyl sites for hydroxylation is 1. The molecule has 2 rings (SSSR count). The molecule has 0 saturated carbocycles. The molecule has 0 aliphatic rings. The van der Waals surface area contributed by atoms with Crippen LogP contribution in [-0.4, -0.2) is 23.9 Å². The number of halogens is 1. The van der Waals surface area contributed by atoms with E-state index in [0.29, 0.717) is 5.69 Å². The van der Waals surface area contributed by atoms with E-state index in [-0.39, 0.29) is 10.6 Å². The monoisotopic (exact) mass is 301 g/mol. The number of benzene rings is 1. The van der Waals surface area contributed by atoms with Gasteiger partial charge in [-0.1, -0.05) is 16.6 Å². The first-order valence-corrected chi connectivity index (χ1v) is 7.19. The van der Waals surface area contributed by atoms with Gasteiger partial charge in [-0.05, 0) is 30.6 Å². The summed E-state index contributed by atoms with van der Waals surface area (Å²) in [5.41, 5.74) is 0.297. The number of hydrogen-bond donors (Lipinski definition) is 1.